The minimum Gasteiger partial charge on any atom is -0.490 e. The number of hydrogen-bond acceptors (Lipinski definition) is 3. The van der Waals surface area contributed by atoms with E-state index in [-0.39, 0.29) is 19.1 Å². The molecule has 4 heteroatoms. The van der Waals surface area contributed by atoms with Gasteiger partial charge in [0.25, 0.3) is 5.56 Å². The van der Waals surface area contributed by atoms with Crippen molar-refractivity contribution in [3.63, 3.8) is 0 Å². The van der Waals surface area contributed by atoms with E-state index in [0.717, 1.165) is 37.1 Å². The molecule has 0 radical (unpaired) electrons. The molecule has 0 atom stereocenters. The van der Waals surface area contributed by atoms with Crippen LogP contribution in [0.3, 0.4) is 0 Å². The topological polar surface area (TPSA) is 54.1 Å². The van der Waals surface area contributed by atoms with Crippen molar-refractivity contribution in [3.05, 3.63) is 40.8 Å². The molecule has 0 bridgehead atoms. The fraction of sp³-hybridized carbons (Fsp3) is 0.400. The van der Waals surface area contributed by atoms with Crippen molar-refractivity contribution >= 4 is 10.8 Å². The van der Waals surface area contributed by atoms with Crippen molar-refractivity contribution in [2.45, 2.75) is 26.4 Å². The van der Waals surface area contributed by atoms with Crippen molar-refractivity contribution in [2.24, 2.45) is 0 Å². The van der Waals surface area contributed by atoms with Crippen LogP contribution in [-0.4, -0.2) is 24.2 Å². The third kappa shape index (κ3) is 2.96. The summed E-state index contributed by atoms with van der Waals surface area (Å²) in [4.78, 5) is 14.2. The molecule has 0 aliphatic carbocycles. The Balaban J connectivity index is 0.00000133. The lowest BCUT2D eigenvalue weighted by molar-refractivity contribution is 0.162. The minimum absolute atomic E-state index is 0. The molecule has 0 spiro atoms. The van der Waals surface area contributed by atoms with Gasteiger partial charge in [0.1, 0.15) is 11.9 Å². The second-order valence-electron chi connectivity index (χ2n) is 4.62. The van der Waals surface area contributed by atoms with E-state index >= 15 is 0 Å². The van der Waals surface area contributed by atoms with Gasteiger partial charge in [-0.15, -0.1) is 0 Å². The predicted octanol–water partition coefficient (Wildman–Crippen LogP) is 2.29. The lowest BCUT2D eigenvalue weighted by atomic mass is 10.1. The van der Waals surface area contributed by atoms with Crippen molar-refractivity contribution < 1.29 is 4.74 Å². The van der Waals surface area contributed by atoms with Crippen LogP contribution in [0.15, 0.2) is 35.3 Å². The molecule has 102 valence electrons. The maximum atomic E-state index is 11.6. The molecule has 1 aromatic heterocycles. The highest BCUT2D eigenvalue weighted by atomic mass is 16.5. The summed E-state index contributed by atoms with van der Waals surface area (Å²) in [6.07, 6.45) is 4.02. The van der Waals surface area contributed by atoms with Gasteiger partial charge in [-0.1, -0.05) is 7.43 Å². The lowest BCUT2D eigenvalue weighted by Crippen LogP contribution is -2.34. The molecular weight excluding hydrogens is 240 g/mol. The van der Waals surface area contributed by atoms with Crippen LogP contribution in [0.4, 0.5) is 0 Å². The number of aromatic nitrogens is 1. The van der Waals surface area contributed by atoms with Gasteiger partial charge in [-0.2, -0.15) is 0 Å². The van der Waals surface area contributed by atoms with E-state index in [1.807, 2.05) is 24.3 Å². The number of rotatable bonds is 2. The Bertz CT molecular complexity index is 600. The van der Waals surface area contributed by atoms with Crippen LogP contribution in [0.2, 0.25) is 0 Å². The fourth-order valence-electron chi connectivity index (χ4n) is 2.35. The van der Waals surface area contributed by atoms with Crippen LogP contribution < -0.4 is 15.6 Å². The molecule has 1 fully saturated rings. The van der Waals surface area contributed by atoms with Crippen molar-refractivity contribution in [1.29, 1.82) is 0 Å². The van der Waals surface area contributed by atoms with Crippen molar-refractivity contribution in [2.75, 3.05) is 13.1 Å². The number of nitrogens with one attached hydrogen (secondary N) is 2. The van der Waals surface area contributed by atoms with Gasteiger partial charge in [0, 0.05) is 11.6 Å². The Morgan fingerprint density at radius 2 is 1.95 bits per heavy atom. The molecule has 2 aromatic rings. The summed E-state index contributed by atoms with van der Waals surface area (Å²) in [5, 5.41) is 4.94. The zero-order chi connectivity index (χ0) is 12.4. The first-order chi connectivity index (χ1) is 8.83. The zero-order valence-corrected chi connectivity index (χ0v) is 10.1. The van der Waals surface area contributed by atoms with E-state index in [1.54, 1.807) is 6.20 Å². The maximum Gasteiger partial charge on any atom is 0.255 e. The molecule has 1 aromatic carbocycles. The van der Waals surface area contributed by atoms with Gasteiger partial charge < -0.3 is 15.0 Å². The van der Waals surface area contributed by atoms with Gasteiger partial charge in [-0.05, 0) is 55.6 Å². The second kappa shape index (κ2) is 5.89. The largest absolute Gasteiger partial charge is 0.490 e. The molecule has 19 heavy (non-hydrogen) atoms. The monoisotopic (exact) mass is 260 g/mol. The summed E-state index contributed by atoms with van der Waals surface area (Å²) in [5.74, 6) is 0.847. The number of H-pyrrole nitrogens is 1. The fourth-order valence-corrected chi connectivity index (χ4v) is 2.35. The Hall–Kier alpha value is -1.81. The predicted molar refractivity (Wildman–Crippen MR) is 77.8 cm³/mol. The highest BCUT2D eigenvalue weighted by molar-refractivity contribution is 5.82. The van der Waals surface area contributed by atoms with Crippen LogP contribution >= 0.6 is 0 Å². The molecule has 1 aliphatic heterocycles. The molecule has 1 saturated heterocycles. The molecule has 1 aliphatic rings. The summed E-state index contributed by atoms with van der Waals surface area (Å²) in [6, 6.07) is 7.53. The number of benzene rings is 1. The Morgan fingerprint density at radius 1 is 1.16 bits per heavy atom. The zero-order valence-electron chi connectivity index (χ0n) is 10.1. The highest BCUT2D eigenvalue weighted by Gasteiger charge is 2.14. The van der Waals surface area contributed by atoms with Gasteiger partial charge in [0.2, 0.25) is 0 Å². The number of ether oxygens (including phenoxy) is 1. The van der Waals surface area contributed by atoms with Crippen LogP contribution in [0.1, 0.15) is 20.3 Å². The van der Waals surface area contributed by atoms with Gasteiger partial charge in [-0.3, -0.25) is 4.79 Å². The molecule has 3 rings (SSSR count). The number of hydrogen-bond donors (Lipinski definition) is 2. The van der Waals surface area contributed by atoms with Crippen LogP contribution in [0, 0.1) is 0 Å². The third-order valence-electron chi connectivity index (χ3n) is 3.33. The van der Waals surface area contributed by atoms with E-state index in [1.165, 1.54) is 0 Å². The van der Waals surface area contributed by atoms with Gasteiger partial charge in [-0.25, -0.2) is 0 Å². The SMILES string of the molecule is C.O=c1[nH]ccc2cc(OC3CCNCC3)ccc12. The van der Waals surface area contributed by atoms with E-state index in [4.69, 9.17) is 4.74 Å². The average molecular weight is 260 g/mol. The first-order valence-corrected chi connectivity index (χ1v) is 6.32. The summed E-state index contributed by atoms with van der Waals surface area (Å²) < 4.78 is 5.95. The van der Waals surface area contributed by atoms with Gasteiger partial charge in [0.05, 0.1) is 0 Å². The van der Waals surface area contributed by atoms with Crippen molar-refractivity contribution in [3.8, 4) is 5.75 Å². The quantitative estimate of drug-likeness (QED) is 0.871. The standard InChI is InChI=1S/C14H16N2O2.CH4/c17-14-13-2-1-12(9-10(13)3-8-16-14)18-11-4-6-15-7-5-11;/h1-3,8-9,11,15H,4-7H2,(H,16,17);1H4. The minimum atomic E-state index is -0.0547. The molecule has 4 nitrogen and oxygen atoms in total. The summed E-state index contributed by atoms with van der Waals surface area (Å²) in [5.41, 5.74) is -0.0547. The summed E-state index contributed by atoms with van der Waals surface area (Å²) in [6.45, 7) is 2.02. The van der Waals surface area contributed by atoms with Crippen molar-refractivity contribution in [1.82, 2.24) is 10.3 Å². The van der Waals surface area contributed by atoms with E-state index < -0.39 is 0 Å². The normalized spacial score (nSPS) is 16.0. The van der Waals surface area contributed by atoms with Crippen LogP contribution in [0.5, 0.6) is 5.75 Å². The van der Waals surface area contributed by atoms with Crippen LogP contribution in [-0.2, 0) is 0 Å². The molecule has 0 saturated carbocycles. The summed E-state index contributed by atoms with van der Waals surface area (Å²) >= 11 is 0. The smallest absolute Gasteiger partial charge is 0.255 e. The second-order valence-corrected chi connectivity index (χ2v) is 4.62. The number of aromatic amines is 1. The lowest BCUT2D eigenvalue weighted by Gasteiger charge is -2.23. The van der Waals surface area contributed by atoms with Gasteiger partial charge >= 0.3 is 0 Å². The molecular formula is C15H20N2O2. The number of piperidine rings is 1. The molecule has 2 heterocycles. The molecule has 0 unspecified atom stereocenters. The van der Waals surface area contributed by atoms with E-state index in [2.05, 4.69) is 10.3 Å². The van der Waals surface area contributed by atoms with Gasteiger partial charge in [0.15, 0.2) is 0 Å². The Labute approximate surface area is 112 Å². The highest BCUT2D eigenvalue weighted by Crippen LogP contribution is 2.21. The number of fused-ring (bicyclic) bond motifs is 1. The number of pyridine rings is 1. The maximum absolute atomic E-state index is 11.6. The van der Waals surface area contributed by atoms with E-state index in [0.29, 0.717) is 5.39 Å². The first-order valence-electron chi connectivity index (χ1n) is 6.32. The first kappa shape index (κ1) is 13.6. The molecule has 0 amide bonds. The van der Waals surface area contributed by atoms with E-state index in [9.17, 15) is 4.79 Å². The van der Waals surface area contributed by atoms with Crippen LogP contribution in [0.25, 0.3) is 10.8 Å². The Kier molecular flexibility index (Phi) is 4.22. The summed E-state index contributed by atoms with van der Waals surface area (Å²) in [7, 11) is 0. The Morgan fingerprint density at radius 3 is 2.74 bits per heavy atom. The third-order valence-corrected chi connectivity index (χ3v) is 3.33. The average Bonchev–Trinajstić information content (AvgIpc) is 2.40. The molecule has 2 N–H and O–H groups in total.